The molecule has 0 aromatic rings. The molecule has 1 aliphatic carbocycles. The summed E-state index contributed by atoms with van der Waals surface area (Å²) in [4.78, 5) is 21.4. The Labute approximate surface area is 93.7 Å². The summed E-state index contributed by atoms with van der Waals surface area (Å²) in [5.41, 5.74) is -1.60. The molecule has 92 valence electrons. The quantitative estimate of drug-likeness (QED) is 0.430. The van der Waals surface area contributed by atoms with Crippen LogP contribution in [0.1, 0.15) is 33.6 Å². The number of nitrogens with zero attached hydrogens (tertiary/aromatic N) is 1. The first-order valence-electron chi connectivity index (χ1n) is 5.28. The van der Waals surface area contributed by atoms with Crippen molar-refractivity contribution in [3.63, 3.8) is 0 Å². The Kier molecular flexibility index (Phi) is 3.52. The lowest BCUT2D eigenvalue weighted by Crippen LogP contribution is -2.60. The van der Waals surface area contributed by atoms with Gasteiger partial charge in [0.1, 0.15) is 6.10 Å². The van der Waals surface area contributed by atoms with Gasteiger partial charge in [-0.15, -0.1) is 0 Å². The van der Waals surface area contributed by atoms with Gasteiger partial charge in [0.25, 0.3) is 5.54 Å². The molecular formula is C10H17NO5. The highest BCUT2D eigenvalue weighted by molar-refractivity contribution is 5.66. The Morgan fingerprint density at radius 1 is 1.56 bits per heavy atom. The molecule has 0 spiro atoms. The molecule has 0 heterocycles. The molecule has 0 bridgehead atoms. The number of ether oxygens (including phenoxy) is 1. The minimum absolute atomic E-state index is 0.104. The number of aliphatic hydroxyl groups is 1. The van der Waals surface area contributed by atoms with Gasteiger partial charge in [0.2, 0.25) is 0 Å². The van der Waals surface area contributed by atoms with Gasteiger partial charge >= 0.3 is 5.97 Å². The van der Waals surface area contributed by atoms with Crippen molar-refractivity contribution in [1.29, 1.82) is 0 Å². The smallest absolute Gasteiger partial charge is 0.303 e. The fraction of sp³-hybridized carbons (Fsp3) is 0.900. The van der Waals surface area contributed by atoms with E-state index >= 15 is 0 Å². The normalized spacial score (nSPS) is 39.1. The van der Waals surface area contributed by atoms with Gasteiger partial charge in [0, 0.05) is 18.8 Å². The maximum atomic E-state index is 11.0. The lowest BCUT2D eigenvalue weighted by Gasteiger charge is -2.39. The molecule has 6 heteroatoms. The fourth-order valence-electron chi connectivity index (χ4n) is 2.14. The molecule has 0 aliphatic heterocycles. The molecule has 0 amide bonds. The van der Waals surface area contributed by atoms with Crippen LogP contribution in [0.2, 0.25) is 0 Å². The van der Waals surface area contributed by atoms with E-state index in [9.17, 15) is 20.0 Å². The first-order valence-corrected chi connectivity index (χ1v) is 5.28. The molecule has 4 atom stereocenters. The summed E-state index contributed by atoms with van der Waals surface area (Å²) in [6.45, 7) is 4.42. The van der Waals surface area contributed by atoms with Crippen molar-refractivity contribution in [3.05, 3.63) is 10.1 Å². The van der Waals surface area contributed by atoms with Crippen LogP contribution < -0.4 is 0 Å². The molecule has 0 saturated heterocycles. The van der Waals surface area contributed by atoms with Gasteiger partial charge in [-0.05, 0) is 18.8 Å². The van der Waals surface area contributed by atoms with Crippen molar-refractivity contribution in [2.24, 2.45) is 5.92 Å². The molecule has 0 aromatic carbocycles. The summed E-state index contributed by atoms with van der Waals surface area (Å²) in [6.07, 6.45) is -1.18. The molecule has 16 heavy (non-hydrogen) atoms. The van der Waals surface area contributed by atoms with E-state index in [4.69, 9.17) is 4.74 Å². The van der Waals surface area contributed by atoms with Gasteiger partial charge in [-0.3, -0.25) is 14.9 Å². The highest BCUT2D eigenvalue weighted by atomic mass is 16.6. The van der Waals surface area contributed by atoms with E-state index in [1.807, 2.05) is 6.92 Å². The van der Waals surface area contributed by atoms with Crippen LogP contribution in [0.25, 0.3) is 0 Å². The topological polar surface area (TPSA) is 89.7 Å². The standard InChI is InChI=1S/C10H17NO5/c1-6-4-8(13)10(3,11(14)15)9(5-6)16-7(2)12/h6,8-9,13H,4-5H2,1-3H3. The molecule has 0 radical (unpaired) electrons. The summed E-state index contributed by atoms with van der Waals surface area (Å²) < 4.78 is 4.97. The van der Waals surface area contributed by atoms with Crippen LogP contribution >= 0.6 is 0 Å². The minimum atomic E-state index is -1.60. The Hall–Kier alpha value is -1.17. The maximum Gasteiger partial charge on any atom is 0.303 e. The van der Waals surface area contributed by atoms with Gasteiger partial charge < -0.3 is 9.84 Å². The van der Waals surface area contributed by atoms with E-state index in [1.54, 1.807) is 0 Å². The Morgan fingerprint density at radius 2 is 2.12 bits per heavy atom. The summed E-state index contributed by atoms with van der Waals surface area (Å²) in [5, 5.41) is 20.9. The second kappa shape index (κ2) is 4.37. The predicted octanol–water partition coefficient (Wildman–Crippen LogP) is 0.744. The Bertz CT molecular complexity index is 306. The van der Waals surface area contributed by atoms with Crippen LogP contribution in [0.3, 0.4) is 0 Å². The zero-order chi connectivity index (χ0) is 12.5. The average Bonchev–Trinajstić information content (AvgIpc) is 2.12. The summed E-state index contributed by atoms with van der Waals surface area (Å²) in [7, 11) is 0. The first-order chi connectivity index (χ1) is 7.28. The highest BCUT2D eigenvalue weighted by Gasteiger charge is 2.57. The van der Waals surface area contributed by atoms with Crippen molar-refractivity contribution < 1.29 is 19.6 Å². The predicted molar refractivity (Wildman–Crippen MR) is 55.4 cm³/mol. The second-order valence-corrected chi connectivity index (χ2v) is 4.67. The van der Waals surface area contributed by atoms with E-state index in [2.05, 4.69) is 0 Å². The average molecular weight is 231 g/mol. The van der Waals surface area contributed by atoms with E-state index in [0.29, 0.717) is 12.8 Å². The van der Waals surface area contributed by atoms with Crippen LogP contribution in [0, 0.1) is 16.0 Å². The van der Waals surface area contributed by atoms with Gasteiger partial charge in [0.05, 0.1) is 0 Å². The van der Waals surface area contributed by atoms with Crippen LogP contribution in [-0.2, 0) is 9.53 Å². The zero-order valence-corrected chi connectivity index (χ0v) is 9.67. The fourth-order valence-corrected chi connectivity index (χ4v) is 2.14. The summed E-state index contributed by atoms with van der Waals surface area (Å²) in [6, 6.07) is 0. The van der Waals surface area contributed by atoms with Crippen LogP contribution in [0.4, 0.5) is 0 Å². The van der Waals surface area contributed by atoms with E-state index < -0.39 is 28.6 Å². The lowest BCUT2D eigenvalue weighted by molar-refractivity contribution is -0.594. The highest BCUT2D eigenvalue weighted by Crippen LogP contribution is 2.36. The van der Waals surface area contributed by atoms with E-state index in [1.165, 1.54) is 13.8 Å². The molecule has 6 nitrogen and oxygen atoms in total. The minimum Gasteiger partial charge on any atom is -0.455 e. The van der Waals surface area contributed by atoms with Gasteiger partial charge in [-0.25, -0.2) is 0 Å². The number of esters is 1. The molecule has 1 N–H and O–H groups in total. The van der Waals surface area contributed by atoms with E-state index in [-0.39, 0.29) is 5.92 Å². The van der Waals surface area contributed by atoms with Crippen LogP contribution in [0.15, 0.2) is 0 Å². The van der Waals surface area contributed by atoms with Gasteiger partial charge in [-0.1, -0.05) is 6.92 Å². The van der Waals surface area contributed by atoms with Crippen LogP contribution in [-0.4, -0.2) is 33.7 Å². The summed E-state index contributed by atoms with van der Waals surface area (Å²) >= 11 is 0. The summed E-state index contributed by atoms with van der Waals surface area (Å²) in [5.74, 6) is -0.452. The van der Waals surface area contributed by atoms with Crippen molar-refractivity contribution in [3.8, 4) is 0 Å². The number of carbonyl (C=O) groups is 1. The maximum absolute atomic E-state index is 11.0. The van der Waals surface area contributed by atoms with Gasteiger partial charge in [-0.2, -0.15) is 0 Å². The van der Waals surface area contributed by atoms with Crippen molar-refractivity contribution in [1.82, 2.24) is 0 Å². The zero-order valence-electron chi connectivity index (χ0n) is 9.67. The number of hydrogen-bond donors (Lipinski definition) is 1. The number of rotatable bonds is 2. The lowest BCUT2D eigenvalue weighted by atomic mass is 9.74. The third kappa shape index (κ3) is 2.16. The Morgan fingerprint density at radius 3 is 2.56 bits per heavy atom. The van der Waals surface area contributed by atoms with Crippen molar-refractivity contribution in [2.75, 3.05) is 0 Å². The van der Waals surface area contributed by atoms with Gasteiger partial charge in [0.15, 0.2) is 6.10 Å². The molecule has 1 rings (SSSR count). The Balaban J connectivity index is 2.98. The SMILES string of the molecule is CC(=O)OC1CC(C)CC(O)C1(C)[N+](=O)[O-]. The molecule has 4 unspecified atom stereocenters. The molecular weight excluding hydrogens is 214 g/mol. The second-order valence-electron chi connectivity index (χ2n) is 4.67. The molecule has 1 fully saturated rings. The monoisotopic (exact) mass is 231 g/mol. The number of hydrogen-bond acceptors (Lipinski definition) is 5. The van der Waals surface area contributed by atoms with Crippen LogP contribution in [0.5, 0.6) is 0 Å². The third-order valence-electron chi connectivity index (χ3n) is 3.27. The number of carbonyl (C=O) groups excluding carboxylic acids is 1. The molecule has 1 saturated carbocycles. The third-order valence-corrected chi connectivity index (χ3v) is 3.27. The number of nitro groups is 1. The molecule has 0 aromatic heterocycles. The first kappa shape index (κ1) is 12.9. The van der Waals surface area contributed by atoms with Crippen molar-refractivity contribution >= 4 is 5.97 Å². The largest absolute Gasteiger partial charge is 0.455 e. The van der Waals surface area contributed by atoms with Crippen molar-refractivity contribution in [2.45, 2.75) is 51.4 Å². The number of aliphatic hydroxyl groups excluding tert-OH is 1. The van der Waals surface area contributed by atoms with E-state index in [0.717, 1.165) is 0 Å². The molecule has 1 aliphatic rings.